The fourth-order valence-corrected chi connectivity index (χ4v) is 9.53. The molecule has 0 aliphatic carbocycles. The minimum absolute atomic E-state index is 0. The number of carbonyl (C=O) groups is 7. The van der Waals surface area contributed by atoms with E-state index in [0.29, 0.717) is 48.5 Å². The predicted molar refractivity (Wildman–Crippen MR) is 292 cm³/mol. The van der Waals surface area contributed by atoms with Gasteiger partial charge in [0, 0.05) is 60.9 Å². The van der Waals surface area contributed by atoms with Crippen LogP contribution in [0.25, 0.3) is 22.2 Å². The summed E-state index contributed by atoms with van der Waals surface area (Å²) < 4.78 is 60.4. The molecule has 2 aliphatic heterocycles. The van der Waals surface area contributed by atoms with Crippen LogP contribution in [0.1, 0.15) is 61.8 Å². The lowest BCUT2D eigenvalue weighted by molar-refractivity contribution is -0.667. The second-order valence-electron chi connectivity index (χ2n) is 19.6. The van der Waals surface area contributed by atoms with Gasteiger partial charge in [-0.25, -0.2) is 9.36 Å². The van der Waals surface area contributed by atoms with Crippen LogP contribution in [-0.2, 0) is 75.6 Å². The Morgan fingerprint density at radius 2 is 1.56 bits per heavy atom. The molecular weight excluding hydrogens is 1040 g/mol. The molecule has 428 valence electrons. The van der Waals surface area contributed by atoms with E-state index in [9.17, 15) is 46.7 Å². The Kier molecular flexibility index (Phi) is 21.6. The van der Waals surface area contributed by atoms with Crippen molar-refractivity contribution >= 4 is 69.6 Å². The number of fused-ring (bicyclic) bond motifs is 2. The zero-order valence-electron chi connectivity index (χ0n) is 45.3. The van der Waals surface area contributed by atoms with Gasteiger partial charge in [-0.1, -0.05) is 55.2 Å². The van der Waals surface area contributed by atoms with E-state index in [1.54, 1.807) is 37.2 Å². The number of benzene rings is 3. The Bertz CT molecular complexity index is 3050. The predicted octanol–water partition coefficient (Wildman–Crippen LogP) is 5.23. The summed E-state index contributed by atoms with van der Waals surface area (Å²) in [5, 5.41) is 8.97. The third-order valence-electron chi connectivity index (χ3n) is 13.5. The van der Waals surface area contributed by atoms with Crippen molar-refractivity contribution in [3.63, 3.8) is 0 Å². The number of Topliss-reactive ketones (excluding diaryl/α,β-unsaturated/α-hetero) is 1. The highest BCUT2D eigenvalue weighted by atomic mass is 19.4. The lowest BCUT2D eigenvalue weighted by atomic mass is 9.89. The molecule has 80 heavy (non-hydrogen) atoms. The van der Waals surface area contributed by atoms with Gasteiger partial charge in [0.1, 0.15) is 5.39 Å². The van der Waals surface area contributed by atoms with Crippen LogP contribution in [0.3, 0.4) is 0 Å². The molecule has 0 spiro atoms. The van der Waals surface area contributed by atoms with Crippen LogP contribution in [0.5, 0.6) is 0 Å². The molecule has 2 atom stereocenters. The number of imide groups is 1. The molecule has 0 radical (unpaired) electrons. The number of aryl methyl sites for hydroxylation is 1. The van der Waals surface area contributed by atoms with E-state index >= 15 is 0 Å². The van der Waals surface area contributed by atoms with Gasteiger partial charge in [-0.3, -0.25) is 38.2 Å². The number of alkyl halides is 3. The molecule has 7 rings (SSSR count). The number of nitrogens with two attached hydrogens (primary N) is 2. The normalized spacial score (nSPS) is 13.8. The largest absolute Gasteiger partial charge is 0.416 e. The van der Waals surface area contributed by atoms with Gasteiger partial charge >= 0.3 is 12.2 Å². The molecule has 7 amide bonds. The van der Waals surface area contributed by atoms with Crippen molar-refractivity contribution in [2.45, 2.75) is 71.1 Å². The van der Waals surface area contributed by atoms with Crippen molar-refractivity contribution in [1.82, 2.24) is 25.1 Å². The maximum Gasteiger partial charge on any atom is 0.416 e. The first-order chi connectivity index (χ1) is 37.8. The van der Waals surface area contributed by atoms with E-state index in [2.05, 4.69) is 20.9 Å². The number of nitrogen functional groups attached to an aromatic ring is 1. The molecule has 3 aromatic carbocycles. The Morgan fingerprint density at radius 1 is 0.875 bits per heavy atom. The zero-order chi connectivity index (χ0) is 56.8. The number of urea groups is 1. The molecule has 0 saturated carbocycles. The van der Waals surface area contributed by atoms with Gasteiger partial charge in [0.05, 0.1) is 84.0 Å². The van der Waals surface area contributed by atoms with Gasteiger partial charge in [0.2, 0.25) is 35.5 Å². The highest BCUT2D eigenvalue weighted by molar-refractivity contribution is 6.13. The zero-order valence-corrected chi connectivity index (χ0v) is 45.3. The minimum atomic E-state index is -4.51. The average Bonchev–Trinajstić information content (AvgIpc) is 4.18. The SMILES string of the molecule is CC(C)[C@H](NC(=O)CCOCCOCCOCCN1C(=O)C=CC1=O)C(=O)C[C@@H](CCCNC(N)=O)C(=O)Nc1ccc(C[n+]2cnc(N)c3c(-c4ccc5c(c4)CCN5C(=O)Cc4cccc(C(F)(F)F)c4)cn(C)c32)cc1.[CH3-]. The van der Waals surface area contributed by atoms with Gasteiger partial charge in [0.25, 0.3) is 11.8 Å². The number of nitrogens with one attached hydrogen (secondary N) is 3. The first-order valence-electron chi connectivity index (χ1n) is 26.0. The Hall–Kier alpha value is -8.02. The van der Waals surface area contributed by atoms with Crippen molar-refractivity contribution in [3.05, 3.63) is 121 Å². The van der Waals surface area contributed by atoms with Gasteiger partial charge in [-0.05, 0) is 77.8 Å². The van der Waals surface area contributed by atoms with Gasteiger partial charge in [0.15, 0.2) is 5.78 Å². The number of anilines is 3. The number of hydrogen-bond acceptors (Lipinski definition) is 12. The Balaban J connectivity index is 0.0000103. The molecule has 2 aromatic heterocycles. The maximum atomic E-state index is 13.9. The summed E-state index contributed by atoms with van der Waals surface area (Å²) in [7, 11) is 1.90. The number of halogens is 3. The number of rotatable bonds is 28. The van der Waals surface area contributed by atoms with Crippen LogP contribution in [0.4, 0.5) is 35.2 Å². The summed E-state index contributed by atoms with van der Waals surface area (Å²) in [4.78, 5) is 95.9. The van der Waals surface area contributed by atoms with E-state index in [1.165, 1.54) is 24.3 Å². The summed E-state index contributed by atoms with van der Waals surface area (Å²) >= 11 is 0. The van der Waals surface area contributed by atoms with E-state index in [1.807, 2.05) is 52.7 Å². The van der Waals surface area contributed by atoms with Crippen LogP contribution in [0.15, 0.2) is 91.4 Å². The Morgan fingerprint density at radius 3 is 2.24 bits per heavy atom. The van der Waals surface area contributed by atoms with Crippen molar-refractivity contribution in [3.8, 4) is 11.1 Å². The van der Waals surface area contributed by atoms with Crippen molar-refractivity contribution in [2.24, 2.45) is 24.6 Å². The third-order valence-corrected chi connectivity index (χ3v) is 13.5. The smallest absolute Gasteiger partial charge is 0.379 e. The van der Waals surface area contributed by atoms with Crippen LogP contribution in [0, 0.1) is 19.3 Å². The molecule has 2 aliphatic rings. The van der Waals surface area contributed by atoms with E-state index in [4.69, 9.17) is 25.7 Å². The summed E-state index contributed by atoms with van der Waals surface area (Å²) in [6.07, 6.45) is 2.30. The lowest BCUT2D eigenvalue weighted by Crippen LogP contribution is -2.45. The monoisotopic (exact) mass is 1110 g/mol. The number of aromatic nitrogens is 3. The first-order valence-corrected chi connectivity index (χ1v) is 26.0. The third kappa shape index (κ3) is 16.3. The van der Waals surface area contributed by atoms with Gasteiger partial charge < -0.3 is 54.0 Å². The standard InChI is InChI=1S/C56H65F3N10O10.CH3/c1-35(2)51(65-46(71)18-22-77-24-26-79-27-25-78-23-21-69-47(72)15-16-48(69)73)45(70)31-40(7-5-19-62-55(61)76)53(75)64-42-12-9-36(10-13-42)32-67-34-63-52(60)50-43(33-66(3)54(50)67)38-11-14-44-39(30-38)17-20-68(44)49(74)29-37-6-4-8-41(28-37)56(57,58)59;/h4,6,8-16,28,30,33-35,40,51,60H,5,7,17-27,29,31-32H2,1-3H3,(H5,61,62,64,65,71,75,76);1H3/q;-1/p+1/t40-,51+;/m1./s1. The molecule has 4 heterocycles. The number of ketones is 1. The van der Waals surface area contributed by atoms with Crippen LogP contribution in [-0.4, -0.2) is 121 Å². The fourth-order valence-electron chi connectivity index (χ4n) is 9.53. The molecule has 0 unspecified atom stereocenters. The molecule has 5 aromatic rings. The molecule has 0 bridgehead atoms. The number of hydrogen-bond donors (Lipinski definition) is 5. The fraction of sp³-hybridized carbons (Fsp3) is 0.404. The molecular formula is C57H69F3N10O10. The summed E-state index contributed by atoms with van der Waals surface area (Å²) in [5.41, 5.74) is 16.7. The van der Waals surface area contributed by atoms with E-state index in [-0.39, 0.29) is 121 Å². The van der Waals surface area contributed by atoms with E-state index < -0.39 is 41.5 Å². The van der Waals surface area contributed by atoms with Crippen molar-refractivity contribution < 1.29 is 65.5 Å². The first kappa shape index (κ1) is 61.2. The molecule has 20 nitrogen and oxygen atoms in total. The lowest BCUT2D eigenvalue weighted by Gasteiger charge is -2.24. The van der Waals surface area contributed by atoms with E-state index in [0.717, 1.165) is 44.9 Å². The number of primary amides is 1. The quantitative estimate of drug-likeness (QED) is 0.0187. The summed E-state index contributed by atoms with van der Waals surface area (Å²) in [5.74, 6) is -2.99. The molecule has 0 saturated heterocycles. The number of nitrogens with zero attached hydrogens (tertiary/aromatic N) is 5. The molecule has 23 heteroatoms. The number of carbonyl (C=O) groups excluding carboxylic acids is 7. The summed E-state index contributed by atoms with van der Waals surface area (Å²) in [6.45, 7) is 5.92. The van der Waals surface area contributed by atoms with Gasteiger partial charge in [-0.15, -0.1) is 0 Å². The Labute approximate surface area is 462 Å². The second-order valence-corrected chi connectivity index (χ2v) is 19.6. The maximum absolute atomic E-state index is 13.9. The van der Waals surface area contributed by atoms with Crippen molar-refractivity contribution in [2.75, 3.05) is 75.2 Å². The summed E-state index contributed by atoms with van der Waals surface area (Å²) in [6, 6.07) is 16.2. The minimum Gasteiger partial charge on any atom is -0.379 e. The van der Waals surface area contributed by atoms with Crippen molar-refractivity contribution in [1.29, 1.82) is 0 Å². The number of amides is 7. The number of ether oxygens (including phenoxy) is 3. The highest BCUT2D eigenvalue weighted by Crippen LogP contribution is 2.37. The van der Waals surface area contributed by atoms with Crippen LogP contribution >= 0.6 is 0 Å². The molecule has 7 N–H and O–H groups in total. The van der Waals surface area contributed by atoms with Gasteiger partial charge in [-0.2, -0.15) is 13.2 Å². The molecule has 0 fully saturated rings. The highest BCUT2D eigenvalue weighted by Gasteiger charge is 2.33. The van der Waals surface area contributed by atoms with Crippen LogP contribution in [0.2, 0.25) is 0 Å². The topological polar surface area (TPSA) is 263 Å². The second kappa shape index (κ2) is 28.2. The average molecular weight is 1110 g/mol. The van der Waals surface area contributed by atoms with Crippen LogP contribution < -0.4 is 36.9 Å².